The van der Waals surface area contributed by atoms with Crippen molar-refractivity contribution < 1.29 is 4.79 Å². The van der Waals surface area contributed by atoms with Crippen molar-refractivity contribution in [3.63, 3.8) is 0 Å². The molecule has 1 aromatic rings. The molecule has 0 fully saturated rings. The largest absolute Gasteiger partial charge is 0.293 e. The average molecular weight is 236 g/mol. The fourth-order valence-corrected chi connectivity index (χ4v) is 2.62. The van der Waals surface area contributed by atoms with Crippen LogP contribution in [-0.4, -0.2) is 16.8 Å². The number of hydrogen-bond acceptors (Lipinski definition) is 2. The highest BCUT2D eigenvalue weighted by Crippen LogP contribution is 2.21. The number of carbonyl (C=O) groups excluding carboxylic acids is 1. The van der Waals surface area contributed by atoms with E-state index in [0.717, 1.165) is 17.7 Å². The molecule has 2 heteroatoms. The molecule has 16 heavy (non-hydrogen) atoms. The van der Waals surface area contributed by atoms with Gasteiger partial charge in [-0.15, -0.1) is 11.8 Å². The molecule has 0 amide bonds. The molecule has 0 aliphatic carbocycles. The van der Waals surface area contributed by atoms with Gasteiger partial charge in [0.1, 0.15) is 0 Å². The van der Waals surface area contributed by atoms with Gasteiger partial charge in [0.15, 0.2) is 5.78 Å². The summed E-state index contributed by atoms with van der Waals surface area (Å²) in [6.45, 7) is 6.46. The maximum absolute atomic E-state index is 12.2. The quantitative estimate of drug-likeness (QED) is 0.693. The smallest absolute Gasteiger partial charge is 0.175 e. The summed E-state index contributed by atoms with van der Waals surface area (Å²) in [5.74, 6) is 1.97. The first-order chi connectivity index (χ1) is 7.65. The van der Waals surface area contributed by atoms with Crippen LogP contribution in [0.2, 0.25) is 0 Å². The molecule has 0 spiro atoms. The van der Waals surface area contributed by atoms with Gasteiger partial charge in [0.25, 0.3) is 0 Å². The summed E-state index contributed by atoms with van der Waals surface area (Å²) in [5, 5.41) is 0.116. The van der Waals surface area contributed by atoms with Gasteiger partial charge in [-0.3, -0.25) is 4.79 Å². The molecule has 1 rings (SSSR count). The van der Waals surface area contributed by atoms with Gasteiger partial charge in [-0.1, -0.05) is 51.1 Å². The van der Waals surface area contributed by atoms with Crippen LogP contribution < -0.4 is 0 Å². The molecule has 0 N–H and O–H groups in total. The summed E-state index contributed by atoms with van der Waals surface area (Å²) in [5.41, 5.74) is 0.839. The Kier molecular flexibility index (Phi) is 5.61. The number of carbonyl (C=O) groups is 1. The number of Topliss-reactive ketones (excluding diaryl/α,β-unsaturated/α-hetero) is 1. The van der Waals surface area contributed by atoms with Gasteiger partial charge in [0.05, 0.1) is 5.25 Å². The zero-order chi connectivity index (χ0) is 12.0. The number of benzene rings is 1. The Morgan fingerprint density at radius 2 is 1.88 bits per heavy atom. The van der Waals surface area contributed by atoms with Crippen molar-refractivity contribution in [2.24, 2.45) is 5.92 Å². The zero-order valence-electron chi connectivity index (χ0n) is 10.3. The molecule has 1 aromatic carbocycles. The van der Waals surface area contributed by atoms with Gasteiger partial charge in [0.2, 0.25) is 0 Å². The van der Waals surface area contributed by atoms with Crippen molar-refractivity contribution >= 4 is 17.5 Å². The molecule has 0 bridgehead atoms. The number of hydrogen-bond donors (Lipinski definition) is 0. The van der Waals surface area contributed by atoms with Crippen molar-refractivity contribution in [1.29, 1.82) is 0 Å². The van der Waals surface area contributed by atoms with Crippen molar-refractivity contribution in [3.05, 3.63) is 35.9 Å². The summed E-state index contributed by atoms with van der Waals surface area (Å²) < 4.78 is 0. The summed E-state index contributed by atoms with van der Waals surface area (Å²) in [6.07, 6.45) is 0.908. The van der Waals surface area contributed by atoms with Crippen LogP contribution in [0.1, 0.15) is 37.6 Å². The van der Waals surface area contributed by atoms with E-state index < -0.39 is 0 Å². The van der Waals surface area contributed by atoms with Crippen LogP contribution in [0.15, 0.2) is 30.3 Å². The molecule has 1 atom stereocenters. The normalized spacial score (nSPS) is 12.8. The molecule has 0 aromatic heterocycles. The average Bonchev–Trinajstić information content (AvgIpc) is 2.30. The minimum Gasteiger partial charge on any atom is -0.293 e. The fraction of sp³-hybridized carbons (Fsp3) is 0.500. The summed E-state index contributed by atoms with van der Waals surface area (Å²) in [7, 11) is 0. The number of ketones is 1. The molecule has 1 unspecified atom stereocenters. The lowest BCUT2D eigenvalue weighted by Crippen LogP contribution is -2.17. The Balaban J connectivity index is 2.63. The summed E-state index contributed by atoms with van der Waals surface area (Å²) >= 11 is 1.78. The Labute approximate surface area is 103 Å². The highest BCUT2D eigenvalue weighted by Gasteiger charge is 2.18. The van der Waals surface area contributed by atoms with Crippen LogP contribution in [0.5, 0.6) is 0 Å². The van der Waals surface area contributed by atoms with E-state index in [0.29, 0.717) is 5.92 Å². The van der Waals surface area contributed by atoms with Crippen molar-refractivity contribution in [2.75, 3.05) is 5.75 Å². The van der Waals surface area contributed by atoms with Gasteiger partial charge < -0.3 is 0 Å². The zero-order valence-corrected chi connectivity index (χ0v) is 11.1. The lowest BCUT2D eigenvalue weighted by Gasteiger charge is -2.14. The molecule has 1 nitrogen and oxygen atoms in total. The third-order valence-electron chi connectivity index (χ3n) is 2.35. The van der Waals surface area contributed by atoms with Crippen LogP contribution in [0.4, 0.5) is 0 Å². The predicted octanol–water partition coefficient (Wildman–Crippen LogP) is 4.04. The third-order valence-corrected chi connectivity index (χ3v) is 4.16. The molecule has 0 saturated carbocycles. The van der Waals surface area contributed by atoms with Crippen LogP contribution in [0, 0.1) is 5.92 Å². The van der Waals surface area contributed by atoms with Gasteiger partial charge in [0, 0.05) is 5.56 Å². The molecular formula is C14H20OS. The van der Waals surface area contributed by atoms with Crippen LogP contribution >= 0.6 is 11.8 Å². The second kappa shape index (κ2) is 6.74. The standard InChI is InChI=1S/C14H20OS/c1-4-13(16-10-11(2)3)14(15)12-8-6-5-7-9-12/h5-9,11,13H,4,10H2,1-3H3. The monoisotopic (exact) mass is 236 g/mol. The predicted molar refractivity (Wildman–Crippen MR) is 72.1 cm³/mol. The Morgan fingerprint density at radius 3 is 2.38 bits per heavy atom. The highest BCUT2D eigenvalue weighted by molar-refractivity contribution is 8.00. The Bertz CT molecular complexity index is 319. The number of rotatable bonds is 6. The second-order valence-electron chi connectivity index (χ2n) is 4.35. The molecule has 0 saturated heterocycles. The maximum atomic E-state index is 12.2. The maximum Gasteiger partial charge on any atom is 0.175 e. The van der Waals surface area contributed by atoms with Crippen LogP contribution in [-0.2, 0) is 0 Å². The SMILES string of the molecule is CCC(SCC(C)C)C(=O)c1ccccc1. The van der Waals surface area contributed by atoms with Crippen molar-refractivity contribution in [1.82, 2.24) is 0 Å². The molecule has 88 valence electrons. The molecular weight excluding hydrogens is 216 g/mol. The van der Waals surface area contributed by atoms with E-state index in [1.54, 1.807) is 11.8 Å². The Hall–Kier alpha value is -0.760. The van der Waals surface area contributed by atoms with Crippen LogP contribution in [0.3, 0.4) is 0 Å². The van der Waals surface area contributed by atoms with Crippen LogP contribution in [0.25, 0.3) is 0 Å². The van der Waals surface area contributed by atoms with E-state index in [1.807, 2.05) is 30.3 Å². The van der Waals surface area contributed by atoms with Gasteiger partial charge >= 0.3 is 0 Å². The minimum atomic E-state index is 0.116. The highest BCUT2D eigenvalue weighted by atomic mass is 32.2. The molecule has 0 radical (unpaired) electrons. The van der Waals surface area contributed by atoms with E-state index in [-0.39, 0.29) is 11.0 Å². The first kappa shape index (κ1) is 13.3. The van der Waals surface area contributed by atoms with Crippen molar-refractivity contribution in [2.45, 2.75) is 32.4 Å². The van der Waals surface area contributed by atoms with Crippen molar-refractivity contribution in [3.8, 4) is 0 Å². The summed E-state index contributed by atoms with van der Waals surface area (Å²) in [4.78, 5) is 12.2. The summed E-state index contributed by atoms with van der Waals surface area (Å²) in [6, 6.07) is 9.60. The Morgan fingerprint density at radius 1 is 1.25 bits per heavy atom. The number of thioether (sulfide) groups is 1. The second-order valence-corrected chi connectivity index (χ2v) is 5.59. The van der Waals surface area contributed by atoms with E-state index in [1.165, 1.54) is 0 Å². The first-order valence-electron chi connectivity index (χ1n) is 5.86. The lowest BCUT2D eigenvalue weighted by molar-refractivity contribution is 0.0988. The molecule has 0 aliphatic heterocycles. The van der Waals surface area contributed by atoms with Gasteiger partial charge in [-0.05, 0) is 18.1 Å². The van der Waals surface area contributed by atoms with Gasteiger partial charge in [-0.25, -0.2) is 0 Å². The van der Waals surface area contributed by atoms with E-state index in [2.05, 4.69) is 20.8 Å². The lowest BCUT2D eigenvalue weighted by atomic mass is 10.1. The topological polar surface area (TPSA) is 17.1 Å². The molecule has 0 aliphatic rings. The van der Waals surface area contributed by atoms with E-state index in [9.17, 15) is 4.79 Å². The minimum absolute atomic E-state index is 0.116. The fourth-order valence-electron chi connectivity index (χ4n) is 1.48. The molecule has 0 heterocycles. The first-order valence-corrected chi connectivity index (χ1v) is 6.90. The van der Waals surface area contributed by atoms with E-state index >= 15 is 0 Å². The van der Waals surface area contributed by atoms with E-state index in [4.69, 9.17) is 0 Å². The third kappa shape index (κ3) is 4.01. The van der Waals surface area contributed by atoms with Gasteiger partial charge in [-0.2, -0.15) is 0 Å².